The molecule has 3 N–H and O–H groups in total. The third kappa shape index (κ3) is 3.34. The molecule has 0 saturated heterocycles. The zero-order valence-corrected chi connectivity index (χ0v) is 12.8. The molecule has 0 spiro atoms. The maximum atomic E-state index is 12.1. The smallest absolute Gasteiger partial charge is 0.339 e. The molecule has 5 nitrogen and oxygen atoms in total. The highest BCUT2D eigenvalue weighted by Gasteiger charge is 2.17. The summed E-state index contributed by atoms with van der Waals surface area (Å²) in [5.41, 5.74) is 0.0864. The van der Waals surface area contributed by atoms with Gasteiger partial charge < -0.3 is 15.5 Å². The van der Waals surface area contributed by atoms with E-state index >= 15 is 0 Å². The Labute approximate surface area is 133 Å². The lowest BCUT2D eigenvalue weighted by Gasteiger charge is -2.10. The molecular weight excluding hydrogens is 362 g/mol. The molecular formula is C14H9BrClNO4. The van der Waals surface area contributed by atoms with E-state index in [1.807, 2.05) is 0 Å². The van der Waals surface area contributed by atoms with E-state index in [1.54, 1.807) is 0 Å². The van der Waals surface area contributed by atoms with Crippen LogP contribution in [0.5, 0.6) is 5.75 Å². The maximum absolute atomic E-state index is 12.1. The molecule has 0 atom stereocenters. The van der Waals surface area contributed by atoms with Crippen molar-refractivity contribution in [1.29, 1.82) is 0 Å². The molecule has 0 aliphatic heterocycles. The zero-order chi connectivity index (χ0) is 15.6. The Morgan fingerprint density at radius 1 is 1.19 bits per heavy atom. The number of aromatic carboxylic acids is 1. The Balaban J connectivity index is 2.34. The van der Waals surface area contributed by atoms with Gasteiger partial charge in [-0.1, -0.05) is 17.7 Å². The molecule has 2 aromatic carbocycles. The molecule has 21 heavy (non-hydrogen) atoms. The minimum atomic E-state index is -1.24. The topological polar surface area (TPSA) is 86.6 Å². The van der Waals surface area contributed by atoms with Crippen LogP contribution in [0.3, 0.4) is 0 Å². The molecule has 2 aromatic rings. The number of anilines is 1. The van der Waals surface area contributed by atoms with E-state index < -0.39 is 11.9 Å². The van der Waals surface area contributed by atoms with Gasteiger partial charge in [0, 0.05) is 5.56 Å². The summed E-state index contributed by atoms with van der Waals surface area (Å²) in [6.07, 6.45) is 0. The Bertz CT molecular complexity index is 733. The molecule has 0 fully saturated rings. The zero-order valence-electron chi connectivity index (χ0n) is 10.4. The average Bonchev–Trinajstić information content (AvgIpc) is 2.41. The minimum absolute atomic E-state index is 0.0268. The van der Waals surface area contributed by atoms with Crippen molar-refractivity contribution in [3.63, 3.8) is 0 Å². The predicted molar refractivity (Wildman–Crippen MR) is 82.2 cm³/mol. The molecule has 0 aromatic heterocycles. The number of carboxylic acid groups (broad SMARTS) is 1. The normalized spacial score (nSPS) is 10.2. The van der Waals surface area contributed by atoms with Crippen molar-refractivity contribution in [3.05, 3.63) is 57.0 Å². The number of carbonyl (C=O) groups is 2. The van der Waals surface area contributed by atoms with Gasteiger partial charge in [-0.05, 0) is 46.3 Å². The van der Waals surface area contributed by atoms with E-state index in [0.717, 1.165) is 0 Å². The van der Waals surface area contributed by atoms with Crippen LogP contribution in [0, 0.1) is 0 Å². The van der Waals surface area contributed by atoms with Crippen LogP contribution in [0.2, 0.25) is 5.02 Å². The van der Waals surface area contributed by atoms with Crippen molar-refractivity contribution in [2.75, 3.05) is 5.32 Å². The highest BCUT2D eigenvalue weighted by molar-refractivity contribution is 9.10. The third-order valence-electron chi connectivity index (χ3n) is 2.68. The summed E-state index contributed by atoms with van der Waals surface area (Å²) < 4.78 is 0.452. The van der Waals surface area contributed by atoms with Crippen molar-refractivity contribution in [2.45, 2.75) is 0 Å². The second-order valence-electron chi connectivity index (χ2n) is 4.09. The molecule has 0 saturated carbocycles. The monoisotopic (exact) mass is 369 g/mol. The molecule has 0 aliphatic carbocycles. The van der Waals surface area contributed by atoms with Gasteiger partial charge in [0.1, 0.15) is 11.3 Å². The molecule has 1 amide bonds. The van der Waals surface area contributed by atoms with Gasteiger partial charge in [-0.25, -0.2) is 4.79 Å². The standard InChI is InChI=1S/C14H9BrClNO4/c15-8-5-4-7(6-11(8)18)13(19)17-10-3-1-2-9(16)12(10)14(20)21/h1-6,18H,(H,17,19)(H,20,21). The Hall–Kier alpha value is -2.05. The van der Waals surface area contributed by atoms with E-state index in [9.17, 15) is 14.7 Å². The van der Waals surface area contributed by atoms with E-state index in [1.165, 1.54) is 36.4 Å². The number of hydrogen-bond acceptors (Lipinski definition) is 3. The number of carboxylic acids is 1. The van der Waals surface area contributed by atoms with Crippen LogP contribution in [-0.2, 0) is 0 Å². The summed E-state index contributed by atoms with van der Waals surface area (Å²) in [5, 5.41) is 21.2. The first-order chi connectivity index (χ1) is 9.90. The Morgan fingerprint density at radius 2 is 1.90 bits per heavy atom. The molecule has 2 rings (SSSR count). The SMILES string of the molecule is O=C(Nc1cccc(Cl)c1C(=O)O)c1ccc(Br)c(O)c1. The molecule has 0 heterocycles. The van der Waals surface area contributed by atoms with Gasteiger partial charge >= 0.3 is 5.97 Å². The number of hydrogen-bond donors (Lipinski definition) is 3. The second kappa shape index (κ2) is 6.15. The number of halogens is 2. The van der Waals surface area contributed by atoms with Crippen LogP contribution in [0.1, 0.15) is 20.7 Å². The lowest BCUT2D eigenvalue weighted by atomic mass is 10.1. The first-order valence-electron chi connectivity index (χ1n) is 5.72. The van der Waals surface area contributed by atoms with Gasteiger partial charge in [-0.2, -0.15) is 0 Å². The summed E-state index contributed by atoms with van der Waals surface area (Å²) in [4.78, 5) is 23.3. The van der Waals surface area contributed by atoms with E-state index in [2.05, 4.69) is 21.2 Å². The number of rotatable bonds is 3. The van der Waals surface area contributed by atoms with Crippen LogP contribution >= 0.6 is 27.5 Å². The van der Waals surface area contributed by atoms with E-state index in [4.69, 9.17) is 16.7 Å². The molecule has 108 valence electrons. The second-order valence-corrected chi connectivity index (χ2v) is 5.35. The van der Waals surface area contributed by atoms with Gasteiger partial charge in [0.05, 0.1) is 15.2 Å². The third-order valence-corrected chi connectivity index (χ3v) is 3.67. The fourth-order valence-electron chi connectivity index (χ4n) is 1.69. The van der Waals surface area contributed by atoms with Crippen LogP contribution < -0.4 is 5.32 Å². The van der Waals surface area contributed by atoms with Crippen molar-refractivity contribution in [2.24, 2.45) is 0 Å². The predicted octanol–water partition coefficient (Wildman–Crippen LogP) is 3.76. The maximum Gasteiger partial charge on any atom is 0.339 e. The van der Waals surface area contributed by atoms with Gasteiger partial charge in [-0.3, -0.25) is 4.79 Å². The lowest BCUT2D eigenvalue weighted by molar-refractivity contribution is 0.0698. The summed E-state index contributed by atoms with van der Waals surface area (Å²) in [6, 6.07) is 8.66. The van der Waals surface area contributed by atoms with Crippen LogP contribution in [0.15, 0.2) is 40.9 Å². The van der Waals surface area contributed by atoms with Crippen molar-refractivity contribution >= 4 is 45.1 Å². The average molecular weight is 371 g/mol. The minimum Gasteiger partial charge on any atom is -0.507 e. The lowest BCUT2D eigenvalue weighted by Crippen LogP contribution is -2.15. The fourth-order valence-corrected chi connectivity index (χ4v) is 2.20. The Kier molecular flexibility index (Phi) is 4.50. The molecule has 0 bridgehead atoms. The fraction of sp³-hybridized carbons (Fsp3) is 0. The summed E-state index contributed by atoms with van der Waals surface area (Å²) >= 11 is 8.93. The van der Waals surface area contributed by atoms with E-state index in [-0.39, 0.29) is 27.6 Å². The summed E-state index contributed by atoms with van der Waals surface area (Å²) in [5.74, 6) is -1.88. The number of phenolic OH excluding ortho intramolecular Hbond substituents is 1. The number of aromatic hydroxyl groups is 1. The van der Waals surface area contributed by atoms with Gasteiger partial charge in [0.2, 0.25) is 0 Å². The molecule has 0 aliphatic rings. The number of amides is 1. The summed E-state index contributed by atoms with van der Waals surface area (Å²) in [6.45, 7) is 0. The van der Waals surface area contributed by atoms with Crippen LogP contribution in [0.4, 0.5) is 5.69 Å². The highest BCUT2D eigenvalue weighted by atomic mass is 79.9. The molecule has 0 unspecified atom stereocenters. The first-order valence-corrected chi connectivity index (χ1v) is 6.89. The van der Waals surface area contributed by atoms with Gasteiger partial charge in [-0.15, -0.1) is 0 Å². The Morgan fingerprint density at radius 3 is 2.52 bits per heavy atom. The quantitative estimate of drug-likeness (QED) is 0.768. The largest absolute Gasteiger partial charge is 0.507 e. The van der Waals surface area contributed by atoms with Crippen molar-refractivity contribution in [1.82, 2.24) is 0 Å². The van der Waals surface area contributed by atoms with Gasteiger partial charge in [0.25, 0.3) is 5.91 Å². The van der Waals surface area contributed by atoms with Crippen molar-refractivity contribution < 1.29 is 19.8 Å². The number of carbonyl (C=O) groups excluding carboxylic acids is 1. The van der Waals surface area contributed by atoms with Crippen LogP contribution in [0.25, 0.3) is 0 Å². The number of benzene rings is 2. The van der Waals surface area contributed by atoms with Gasteiger partial charge in [0.15, 0.2) is 0 Å². The van der Waals surface area contributed by atoms with Crippen molar-refractivity contribution in [3.8, 4) is 5.75 Å². The summed E-state index contributed by atoms with van der Waals surface area (Å²) in [7, 11) is 0. The number of phenols is 1. The van der Waals surface area contributed by atoms with E-state index in [0.29, 0.717) is 4.47 Å². The molecule has 7 heteroatoms. The van der Waals surface area contributed by atoms with Crippen LogP contribution in [-0.4, -0.2) is 22.1 Å². The molecule has 0 radical (unpaired) electrons. The highest BCUT2D eigenvalue weighted by Crippen LogP contribution is 2.27. The number of nitrogens with one attached hydrogen (secondary N) is 1. The first kappa shape index (κ1) is 15.3.